The van der Waals surface area contributed by atoms with Crippen molar-refractivity contribution in [1.82, 2.24) is 20.2 Å². The number of carbonyl (C=O) groups is 1. The number of aryl methyl sites for hydroxylation is 1. The molecular weight excluding hydrogens is 382 g/mol. The highest BCUT2D eigenvalue weighted by Gasteiger charge is 2.18. The molecule has 0 bridgehead atoms. The monoisotopic (exact) mass is 407 g/mol. The van der Waals surface area contributed by atoms with Crippen molar-refractivity contribution in [2.45, 2.75) is 38.0 Å². The molecule has 3 N–H and O–H groups in total. The number of aliphatic carboxylic acids is 1. The van der Waals surface area contributed by atoms with Gasteiger partial charge in [-0.05, 0) is 42.5 Å². The van der Waals surface area contributed by atoms with Gasteiger partial charge in [-0.3, -0.25) is 14.9 Å². The third-order valence-electron chi connectivity index (χ3n) is 5.21. The Kier molecular flexibility index (Phi) is 6.22. The first-order chi connectivity index (χ1) is 14.7. The maximum Gasteiger partial charge on any atom is 0.303 e. The highest BCUT2D eigenvalue weighted by molar-refractivity contribution is 5.68. The highest BCUT2D eigenvalue weighted by Crippen LogP contribution is 2.24. The topological polar surface area (TPSA) is 113 Å². The van der Waals surface area contributed by atoms with E-state index in [1.807, 2.05) is 18.2 Å². The molecule has 0 aromatic carbocycles. The molecule has 3 aromatic rings. The molecule has 0 fully saturated rings. The van der Waals surface area contributed by atoms with Gasteiger partial charge in [-0.2, -0.15) is 0 Å². The van der Waals surface area contributed by atoms with Crippen LogP contribution in [0.5, 0.6) is 5.88 Å². The summed E-state index contributed by atoms with van der Waals surface area (Å²) in [5, 5.41) is 19.7. The van der Waals surface area contributed by atoms with Crippen LogP contribution in [0.15, 0.2) is 42.7 Å². The molecule has 8 nitrogen and oxygen atoms in total. The first kappa shape index (κ1) is 19.9. The Hall–Kier alpha value is -3.42. The molecule has 0 saturated heterocycles. The quantitative estimate of drug-likeness (QED) is 0.500. The molecule has 0 aliphatic carbocycles. The van der Waals surface area contributed by atoms with E-state index >= 15 is 0 Å². The van der Waals surface area contributed by atoms with Crippen molar-refractivity contribution in [2.75, 3.05) is 18.5 Å². The van der Waals surface area contributed by atoms with E-state index in [-0.39, 0.29) is 12.3 Å². The third-order valence-corrected chi connectivity index (χ3v) is 5.21. The van der Waals surface area contributed by atoms with Crippen LogP contribution in [0.3, 0.4) is 0 Å². The van der Waals surface area contributed by atoms with Gasteiger partial charge in [0.15, 0.2) is 0 Å². The lowest BCUT2D eigenvalue weighted by atomic mass is 9.92. The van der Waals surface area contributed by atoms with Crippen LogP contribution < -0.4 is 10.1 Å². The fourth-order valence-corrected chi connectivity index (χ4v) is 3.69. The van der Waals surface area contributed by atoms with Crippen LogP contribution in [-0.4, -0.2) is 44.4 Å². The van der Waals surface area contributed by atoms with E-state index in [9.17, 15) is 9.90 Å². The number of rotatable bonds is 9. The number of anilines is 1. The third kappa shape index (κ3) is 5.14. The molecule has 1 aliphatic rings. The lowest BCUT2D eigenvalue weighted by molar-refractivity contribution is -0.137. The van der Waals surface area contributed by atoms with E-state index in [4.69, 9.17) is 4.74 Å². The maximum atomic E-state index is 11.3. The van der Waals surface area contributed by atoms with E-state index in [1.165, 1.54) is 5.56 Å². The SMILES string of the molecule is O=C(O)CC(Cc1cc(OCCc2ccc3c(n2)NCCC3)n[nH]1)c1cccnc1. The van der Waals surface area contributed by atoms with Gasteiger partial charge in [-0.25, -0.2) is 4.98 Å². The second kappa shape index (κ2) is 9.39. The molecule has 1 atom stereocenters. The average Bonchev–Trinajstić information content (AvgIpc) is 3.21. The molecule has 0 radical (unpaired) electrons. The van der Waals surface area contributed by atoms with Gasteiger partial charge in [-0.1, -0.05) is 12.1 Å². The molecule has 8 heteroatoms. The van der Waals surface area contributed by atoms with Crippen molar-refractivity contribution in [3.05, 3.63) is 65.2 Å². The minimum absolute atomic E-state index is 0.0267. The van der Waals surface area contributed by atoms with Crippen LogP contribution in [0.4, 0.5) is 5.82 Å². The summed E-state index contributed by atoms with van der Waals surface area (Å²) in [4.78, 5) is 20.0. The number of aromatic amines is 1. The van der Waals surface area contributed by atoms with Crippen LogP contribution in [0.2, 0.25) is 0 Å². The lowest BCUT2D eigenvalue weighted by Gasteiger charge is -2.17. The Labute approximate surface area is 174 Å². The molecule has 4 rings (SSSR count). The standard InChI is InChI=1S/C22H25N5O3/c28-21(29)12-17(16-4-1-8-23-14-16)11-19-13-20(27-26-19)30-10-7-18-6-5-15-3-2-9-24-22(15)25-18/h1,4-6,8,13-14,17H,2-3,7,9-12H2,(H,24,25)(H,26,27)(H,28,29). The van der Waals surface area contributed by atoms with Crippen LogP contribution in [0.1, 0.15) is 41.3 Å². The molecule has 1 unspecified atom stereocenters. The van der Waals surface area contributed by atoms with Crippen molar-refractivity contribution >= 4 is 11.8 Å². The van der Waals surface area contributed by atoms with Gasteiger partial charge >= 0.3 is 5.97 Å². The summed E-state index contributed by atoms with van der Waals surface area (Å²) in [6.45, 7) is 1.44. The number of fused-ring (bicyclic) bond motifs is 1. The van der Waals surface area contributed by atoms with Crippen LogP contribution in [0, 0.1) is 0 Å². The van der Waals surface area contributed by atoms with Crippen molar-refractivity contribution in [3.63, 3.8) is 0 Å². The van der Waals surface area contributed by atoms with E-state index in [2.05, 4.69) is 37.6 Å². The molecule has 1 aliphatic heterocycles. The van der Waals surface area contributed by atoms with Gasteiger partial charge in [0, 0.05) is 48.7 Å². The zero-order chi connectivity index (χ0) is 20.8. The number of aromatic nitrogens is 4. The van der Waals surface area contributed by atoms with Gasteiger partial charge in [0.2, 0.25) is 5.88 Å². The molecule has 0 saturated carbocycles. The fraction of sp³-hybridized carbons (Fsp3) is 0.364. The van der Waals surface area contributed by atoms with E-state index in [1.54, 1.807) is 12.4 Å². The number of carboxylic acids is 1. The Morgan fingerprint density at radius 1 is 1.30 bits per heavy atom. The van der Waals surface area contributed by atoms with Crippen molar-refractivity contribution in [3.8, 4) is 5.88 Å². The number of nitrogens with one attached hydrogen (secondary N) is 2. The van der Waals surface area contributed by atoms with Crippen LogP contribution >= 0.6 is 0 Å². The second-order valence-corrected chi connectivity index (χ2v) is 7.46. The zero-order valence-electron chi connectivity index (χ0n) is 16.7. The van der Waals surface area contributed by atoms with Crippen molar-refractivity contribution in [1.29, 1.82) is 0 Å². The van der Waals surface area contributed by atoms with Gasteiger partial charge in [0.25, 0.3) is 0 Å². The highest BCUT2D eigenvalue weighted by atomic mass is 16.5. The second-order valence-electron chi connectivity index (χ2n) is 7.46. The smallest absolute Gasteiger partial charge is 0.303 e. The van der Waals surface area contributed by atoms with Crippen LogP contribution in [-0.2, 0) is 24.1 Å². The summed E-state index contributed by atoms with van der Waals surface area (Å²) in [5.41, 5.74) is 3.98. The maximum absolute atomic E-state index is 11.3. The number of H-pyrrole nitrogens is 1. The average molecular weight is 407 g/mol. The van der Waals surface area contributed by atoms with Crippen molar-refractivity contribution in [2.24, 2.45) is 0 Å². The summed E-state index contributed by atoms with van der Waals surface area (Å²) in [7, 11) is 0. The normalized spacial score (nSPS) is 13.9. The summed E-state index contributed by atoms with van der Waals surface area (Å²) in [6, 6.07) is 9.73. The number of nitrogens with zero attached hydrogens (tertiary/aromatic N) is 3. The number of pyridine rings is 2. The Morgan fingerprint density at radius 2 is 2.23 bits per heavy atom. The first-order valence-corrected chi connectivity index (χ1v) is 10.2. The number of hydrogen-bond acceptors (Lipinski definition) is 6. The van der Waals surface area contributed by atoms with Gasteiger partial charge in [0.1, 0.15) is 5.82 Å². The van der Waals surface area contributed by atoms with Gasteiger partial charge in [0.05, 0.1) is 13.0 Å². The molecule has 30 heavy (non-hydrogen) atoms. The molecule has 3 aromatic heterocycles. The van der Waals surface area contributed by atoms with E-state index in [0.29, 0.717) is 25.3 Å². The summed E-state index contributed by atoms with van der Waals surface area (Å²) < 4.78 is 5.77. The minimum atomic E-state index is -0.841. The number of hydrogen-bond donors (Lipinski definition) is 3. The lowest BCUT2D eigenvalue weighted by Crippen LogP contribution is -2.14. The number of carboxylic acid groups (broad SMARTS) is 1. The Bertz CT molecular complexity index is 989. The van der Waals surface area contributed by atoms with E-state index < -0.39 is 5.97 Å². The predicted octanol–water partition coefficient (Wildman–Crippen LogP) is 2.98. The van der Waals surface area contributed by atoms with Gasteiger partial charge < -0.3 is 15.2 Å². The molecule has 4 heterocycles. The largest absolute Gasteiger partial charge is 0.481 e. The molecule has 0 amide bonds. The van der Waals surface area contributed by atoms with Crippen molar-refractivity contribution < 1.29 is 14.6 Å². The summed E-state index contributed by atoms with van der Waals surface area (Å²) in [6.07, 6.45) is 6.84. The zero-order valence-corrected chi connectivity index (χ0v) is 16.7. The predicted molar refractivity (Wildman–Crippen MR) is 112 cm³/mol. The molecule has 0 spiro atoms. The molecular formula is C22H25N5O3. The number of ether oxygens (including phenoxy) is 1. The summed E-state index contributed by atoms with van der Waals surface area (Å²) >= 11 is 0. The van der Waals surface area contributed by atoms with Gasteiger partial charge in [-0.15, -0.1) is 5.10 Å². The Balaban J connectivity index is 1.33. The summed E-state index contributed by atoms with van der Waals surface area (Å²) in [5.74, 6) is 0.464. The van der Waals surface area contributed by atoms with Crippen LogP contribution in [0.25, 0.3) is 0 Å². The fourth-order valence-electron chi connectivity index (χ4n) is 3.69. The first-order valence-electron chi connectivity index (χ1n) is 10.2. The van der Waals surface area contributed by atoms with E-state index in [0.717, 1.165) is 42.2 Å². The minimum Gasteiger partial charge on any atom is -0.481 e. The Morgan fingerprint density at radius 3 is 3.07 bits per heavy atom. The molecule has 156 valence electrons.